The quantitative estimate of drug-likeness (QED) is 0.262. The number of Topliss-reactive ketones (excluding diaryl/α,β-unsaturated/α-hetero) is 1. The number of benzene rings is 2. The molecule has 0 unspecified atom stereocenters. The first kappa shape index (κ1) is 35.6. The highest BCUT2D eigenvalue weighted by atomic mass is 16.7. The second kappa shape index (κ2) is 13.4. The summed E-state index contributed by atoms with van der Waals surface area (Å²) in [5, 5.41) is 45.5. The van der Waals surface area contributed by atoms with E-state index in [0.717, 1.165) is 25.9 Å². The number of carbonyl (C=O) groups excluding carboxylic acids is 2. The van der Waals surface area contributed by atoms with Crippen molar-refractivity contribution in [3.05, 3.63) is 51.6 Å². The Morgan fingerprint density at radius 1 is 1.06 bits per heavy atom. The van der Waals surface area contributed by atoms with Crippen LogP contribution in [0, 0.1) is 11.3 Å². The molecule has 0 aromatic heterocycles. The van der Waals surface area contributed by atoms with Crippen molar-refractivity contribution in [2.45, 2.75) is 94.7 Å². The number of nitrogens with zero attached hydrogens (tertiary/aromatic N) is 2. The van der Waals surface area contributed by atoms with E-state index in [1.54, 1.807) is 19.2 Å². The van der Waals surface area contributed by atoms with E-state index >= 15 is 0 Å². The van der Waals surface area contributed by atoms with Gasteiger partial charge in [0.2, 0.25) is 0 Å². The van der Waals surface area contributed by atoms with Gasteiger partial charge in [0.15, 0.2) is 30.4 Å². The lowest BCUT2D eigenvalue weighted by Gasteiger charge is -2.44. The number of nitrogens with one attached hydrogen (secondary N) is 1. The highest BCUT2D eigenvalue weighted by molar-refractivity contribution is 6.32. The number of morpholine rings is 1. The number of methoxy groups -OCH3 is 2. The van der Waals surface area contributed by atoms with Gasteiger partial charge in [-0.25, -0.2) is 0 Å². The number of hydrogen-bond donors (Lipinski definition) is 4. The number of phenolic OH excluding ortho intramolecular Hbond substituents is 2. The molecule has 8 rings (SSSR count). The summed E-state index contributed by atoms with van der Waals surface area (Å²) >= 11 is 0. The largest absolute Gasteiger partial charge is 0.507 e. The lowest BCUT2D eigenvalue weighted by molar-refractivity contribution is -0.256. The monoisotopic (exact) mass is 721 g/mol. The summed E-state index contributed by atoms with van der Waals surface area (Å²) in [4.78, 5) is 32.3. The average molecular weight is 722 g/mol. The van der Waals surface area contributed by atoms with E-state index in [4.69, 9.17) is 28.4 Å². The molecule has 14 heteroatoms. The van der Waals surface area contributed by atoms with Crippen LogP contribution in [0.1, 0.15) is 83.8 Å². The maximum atomic E-state index is 14.1. The Morgan fingerprint density at radius 2 is 1.83 bits per heavy atom. The molecule has 14 nitrogen and oxygen atoms in total. The second-order valence-corrected chi connectivity index (χ2v) is 15.1. The van der Waals surface area contributed by atoms with Crippen molar-refractivity contribution >= 4 is 17.3 Å². The van der Waals surface area contributed by atoms with Crippen molar-refractivity contribution in [1.29, 1.82) is 5.41 Å². The normalized spacial score (nSPS) is 33.5. The molecule has 8 atom stereocenters. The van der Waals surface area contributed by atoms with Crippen molar-refractivity contribution < 1.29 is 53.3 Å². The molecule has 0 saturated carbocycles. The Bertz CT molecular complexity index is 1790. The Labute approximate surface area is 302 Å². The number of aromatic hydroxyl groups is 2. The zero-order chi connectivity index (χ0) is 36.6. The second-order valence-electron chi connectivity index (χ2n) is 15.1. The van der Waals surface area contributed by atoms with Gasteiger partial charge in [0.25, 0.3) is 0 Å². The number of ketones is 2. The number of likely N-dealkylation sites (tertiary alicyclic amines) is 1. The molecule has 0 amide bonds. The average Bonchev–Trinajstić information content (AvgIpc) is 3.52. The van der Waals surface area contributed by atoms with E-state index in [1.165, 1.54) is 13.2 Å². The lowest BCUT2D eigenvalue weighted by Crippen LogP contribution is -2.55. The van der Waals surface area contributed by atoms with Crippen LogP contribution >= 0.6 is 0 Å². The molecule has 0 radical (unpaired) electrons. The van der Waals surface area contributed by atoms with E-state index in [-0.39, 0.29) is 76.4 Å². The molecule has 280 valence electrons. The number of rotatable bonds is 7. The van der Waals surface area contributed by atoms with E-state index in [0.29, 0.717) is 25.5 Å². The van der Waals surface area contributed by atoms with Gasteiger partial charge in [0.1, 0.15) is 29.0 Å². The summed E-state index contributed by atoms with van der Waals surface area (Å²) in [6.07, 6.45) is -2.04. The zero-order valence-electron chi connectivity index (χ0n) is 29.9. The first-order chi connectivity index (χ1) is 24.9. The van der Waals surface area contributed by atoms with Crippen LogP contribution < -0.4 is 4.74 Å². The van der Waals surface area contributed by atoms with Crippen molar-refractivity contribution in [2.75, 3.05) is 47.0 Å². The molecule has 2 aliphatic carbocycles. The molecule has 4 aliphatic heterocycles. The molecule has 4 N–H and O–H groups in total. The third kappa shape index (κ3) is 5.66. The number of carbonyl (C=O) groups is 2. The molecule has 0 bridgehead atoms. The van der Waals surface area contributed by atoms with E-state index in [2.05, 4.69) is 11.8 Å². The van der Waals surface area contributed by atoms with Gasteiger partial charge in [0.05, 0.1) is 54.9 Å². The standard InChI is InChI=1S/C38H47N3O11/c1-18-8-10-40(11-9-18)17-25(42)38(46)15-21-28(34(45)29-30(33(21)44)32(43)20-6-5-7-23(47-3)27(20)31(29)39)24(16-38)51-26-14-22-35(19(2)50-26)52-36-37(48-4)49-13-12-41(22)36/h5-7,18-19,22,24,26,35-37,39,44-46H,8-17H2,1-4H3/t19-,22-,24-,26-,35+,36+,37-,38-/m0/s1. The number of phenols is 2. The summed E-state index contributed by atoms with van der Waals surface area (Å²) in [7, 11) is 3.00. The van der Waals surface area contributed by atoms with Crippen LogP contribution in [0.3, 0.4) is 0 Å². The Morgan fingerprint density at radius 3 is 2.56 bits per heavy atom. The van der Waals surface area contributed by atoms with Crippen molar-refractivity contribution in [1.82, 2.24) is 9.80 Å². The molecule has 4 heterocycles. The van der Waals surface area contributed by atoms with Crippen molar-refractivity contribution in [3.63, 3.8) is 0 Å². The number of hydrogen-bond acceptors (Lipinski definition) is 14. The van der Waals surface area contributed by atoms with Gasteiger partial charge in [-0.2, -0.15) is 0 Å². The van der Waals surface area contributed by atoms with Gasteiger partial charge in [-0.05, 0) is 44.8 Å². The third-order valence-electron chi connectivity index (χ3n) is 12.0. The molecule has 2 aromatic rings. The van der Waals surface area contributed by atoms with Gasteiger partial charge in [-0.1, -0.05) is 19.1 Å². The Hall–Kier alpha value is -3.47. The zero-order valence-corrected chi connectivity index (χ0v) is 29.9. The Balaban J connectivity index is 1.18. The van der Waals surface area contributed by atoms with Crippen LogP contribution in [0.25, 0.3) is 0 Å². The summed E-state index contributed by atoms with van der Waals surface area (Å²) in [6.45, 7) is 6.61. The van der Waals surface area contributed by atoms with Crippen LogP contribution in [-0.2, 0) is 34.9 Å². The van der Waals surface area contributed by atoms with Crippen LogP contribution in [0.2, 0.25) is 0 Å². The smallest absolute Gasteiger partial charge is 0.198 e. The van der Waals surface area contributed by atoms with Gasteiger partial charge in [0, 0.05) is 55.6 Å². The first-order valence-corrected chi connectivity index (χ1v) is 18.2. The van der Waals surface area contributed by atoms with Gasteiger partial charge >= 0.3 is 0 Å². The maximum absolute atomic E-state index is 14.1. The summed E-state index contributed by atoms with van der Waals surface area (Å²) in [5.41, 5.74) is -2.14. The van der Waals surface area contributed by atoms with E-state index < -0.39 is 59.7 Å². The summed E-state index contributed by atoms with van der Waals surface area (Å²) in [6, 6.07) is 4.65. The highest BCUT2D eigenvalue weighted by Crippen LogP contribution is 2.53. The SMILES string of the molecule is COc1cccc2c1C(=N)c1c(O)c3c(c(O)c1C2=O)C[C@@](O)(C(=O)CN1CCC(C)CC1)C[C@@H]3O[C@H]1C[C@H]2[C@H](O[C@@H]3[C@@H](OC)OCCN32)[C@H](C)O1. The van der Waals surface area contributed by atoms with Crippen molar-refractivity contribution in [2.24, 2.45) is 5.92 Å². The highest BCUT2D eigenvalue weighted by Gasteiger charge is 2.55. The maximum Gasteiger partial charge on any atom is 0.198 e. The summed E-state index contributed by atoms with van der Waals surface area (Å²) < 4.78 is 36.2. The number of ether oxygens (including phenoxy) is 6. The fraction of sp³-hybridized carbons (Fsp3) is 0.605. The first-order valence-electron chi connectivity index (χ1n) is 18.2. The van der Waals surface area contributed by atoms with Gasteiger partial charge in [-0.15, -0.1) is 0 Å². The van der Waals surface area contributed by atoms with Crippen LogP contribution in [0.4, 0.5) is 0 Å². The number of fused-ring (bicyclic) bond motifs is 6. The van der Waals surface area contributed by atoms with Crippen LogP contribution in [0.15, 0.2) is 18.2 Å². The molecule has 52 heavy (non-hydrogen) atoms. The predicted molar refractivity (Wildman–Crippen MR) is 184 cm³/mol. The minimum Gasteiger partial charge on any atom is -0.507 e. The van der Waals surface area contributed by atoms with Crippen LogP contribution in [0.5, 0.6) is 17.2 Å². The minimum absolute atomic E-state index is 0.0108. The number of aliphatic hydroxyl groups is 1. The molecule has 0 spiro atoms. The summed E-state index contributed by atoms with van der Waals surface area (Å²) in [5.74, 6) is -1.14. The van der Waals surface area contributed by atoms with Gasteiger partial charge in [-0.3, -0.25) is 24.8 Å². The lowest BCUT2D eigenvalue weighted by atomic mass is 9.71. The predicted octanol–water partition coefficient (Wildman–Crippen LogP) is 2.64. The molecule has 6 aliphatic rings. The molecule has 2 aromatic carbocycles. The third-order valence-corrected chi connectivity index (χ3v) is 12.0. The molecule has 4 fully saturated rings. The minimum atomic E-state index is -1.99. The topological polar surface area (TPSA) is 181 Å². The molecular formula is C38H47N3O11. The number of piperidine rings is 1. The van der Waals surface area contributed by atoms with E-state index in [1.807, 2.05) is 11.8 Å². The van der Waals surface area contributed by atoms with E-state index in [9.17, 15) is 30.3 Å². The molecule has 4 saturated heterocycles. The van der Waals surface area contributed by atoms with Gasteiger partial charge < -0.3 is 43.7 Å². The Kier molecular flexibility index (Phi) is 9.18. The fourth-order valence-electron chi connectivity index (χ4n) is 9.16. The fourth-order valence-corrected chi connectivity index (χ4v) is 9.16. The molecular weight excluding hydrogens is 674 g/mol. The van der Waals surface area contributed by atoms with Crippen LogP contribution in [-0.4, -0.2) is 132 Å². The van der Waals surface area contributed by atoms with Crippen molar-refractivity contribution in [3.8, 4) is 17.2 Å².